The Morgan fingerprint density at radius 3 is 2.67 bits per heavy atom. The number of rotatable bonds is 5. The zero-order chi connectivity index (χ0) is 21.3. The second-order valence-corrected chi connectivity index (χ2v) is 7.82. The van der Waals surface area contributed by atoms with Crippen molar-refractivity contribution in [3.8, 4) is 17.0 Å². The van der Waals surface area contributed by atoms with Crippen LogP contribution in [-0.2, 0) is 4.79 Å². The molecule has 0 saturated heterocycles. The number of para-hydroxylation sites is 1. The van der Waals surface area contributed by atoms with E-state index >= 15 is 0 Å². The van der Waals surface area contributed by atoms with Crippen molar-refractivity contribution in [2.24, 2.45) is 0 Å². The molecule has 2 aromatic carbocycles. The van der Waals surface area contributed by atoms with Crippen molar-refractivity contribution in [1.82, 2.24) is 9.55 Å². The van der Waals surface area contributed by atoms with Crippen LogP contribution in [0.2, 0.25) is 0 Å². The molecule has 4 aromatic rings. The van der Waals surface area contributed by atoms with E-state index in [9.17, 15) is 9.59 Å². The van der Waals surface area contributed by atoms with Crippen molar-refractivity contribution in [3.05, 3.63) is 75.9 Å². The lowest BCUT2D eigenvalue weighted by molar-refractivity contribution is -0.118. The Balaban J connectivity index is 1.68. The van der Waals surface area contributed by atoms with E-state index in [1.54, 1.807) is 26.2 Å². The van der Waals surface area contributed by atoms with Gasteiger partial charge in [-0.2, -0.15) is 0 Å². The number of hydrogen-bond acceptors (Lipinski definition) is 5. The summed E-state index contributed by atoms with van der Waals surface area (Å²) in [4.78, 5) is 30.3. The number of ether oxygens (including phenoxy) is 1. The number of methoxy groups -OCH3 is 1. The van der Waals surface area contributed by atoms with E-state index in [1.165, 1.54) is 15.9 Å². The highest BCUT2D eigenvalue weighted by atomic mass is 32.1. The quantitative estimate of drug-likeness (QED) is 0.511. The molecule has 0 bridgehead atoms. The number of carbonyl (C=O) groups is 1. The van der Waals surface area contributed by atoms with Gasteiger partial charge in [0, 0.05) is 22.4 Å². The van der Waals surface area contributed by atoms with E-state index in [0.29, 0.717) is 16.4 Å². The molecule has 0 radical (unpaired) electrons. The molecular weight excluding hydrogens is 398 g/mol. The number of anilines is 1. The Morgan fingerprint density at radius 2 is 1.93 bits per heavy atom. The fourth-order valence-electron chi connectivity index (χ4n) is 3.48. The maximum absolute atomic E-state index is 13.0. The topological polar surface area (TPSA) is 73.2 Å². The Kier molecular flexibility index (Phi) is 5.37. The first kappa shape index (κ1) is 19.8. The number of thiazole rings is 1. The first-order chi connectivity index (χ1) is 14.5. The molecule has 0 saturated carbocycles. The summed E-state index contributed by atoms with van der Waals surface area (Å²) in [6, 6.07) is 16.1. The van der Waals surface area contributed by atoms with Crippen LogP contribution in [0, 0.1) is 6.92 Å². The molecule has 1 N–H and O–H groups in total. The monoisotopic (exact) mass is 419 g/mol. The van der Waals surface area contributed by atoms with Gasteiger partial charge in [0.2, 0.25) is 5.91 Å². The summed E-state index contributed by atoms with van der Waals surface area (Å²) >= 11 is 1.35. The minimum absolute atomic E-state index is 0.253. The van der Waals surface area contributed by atoms with E-state index in [2.05, 4.69) is 10.3 Å². The van der Waals surface area contributed by atoms with Gasteiger partial charge in [0.1, 0.15) is 11.8 Å². The molecular formula is C23H21N3O3S. The second kappa shape index (κ2) is 8.12. The van der Waals surface area contributed by atoms with Gasteiger partial charge >= 0.3 is 0 Å². The van der Waals surface area contributed by atoms with Crippen molar-refractivity contribution >= 4 is 33.3 Å². The largest absolute Gasteiger partial charge is 0.495 e. The molecule has 4 rings (SSSR count). The summed E-state index contributed by atoms with van der Waals surface area (Å²) in [7, 11) is 1.55. The van der Waals surface area contributed by atoms with Crippen LogP contribution >= 0.6 is 11.3 Å². The zero-order valence-corrected chi connectivity index (χ0v) is 17.7. The predicted octanol–water partition coefficient (Wildman–Crippen LogP) is 4.64. The SMILES string of the molecule is COc1cccc2c(C)cc(=O)n(C(C)C(=O)Nc3nc(-c4ccccc4)cs3)c12. The van der Waals surface area contributed by atoms with Gasteiger partial charge in [0.25, 0.3) is 5.56 Å². The van der Waals surface area contributed by atoms with Gasteiger partial charge in [-0.1, -0.05) is 42.5 Å². The van der Waals surface area contributed by atoms with Crippen LogP contribution in [0.15, 0.2) is 64.8 Å². The summed E-state index contributed by atoms with van der Waals surface area (Å²) in [6.07, 6.45) is 0. The van der Waals surface area contributed by atoms with Crippen LogP contribution in [0.1, 0.15) is 18.5 Å². The molecule has 2 aromatic heterocycles. The molecule has 1 unspecified atom stereocenters. The molecule has 6 nitrogen and oxygen atoms in total. The van der Waals surface area contributed by atoms with Crippen LogP contribution in [0.4, 0.5) is 5.13 Å². The summed E-state index contributed by atoms with van der Waals surface area (Å²) in [5.41, 5.74) is 2.97. The van der Waals surface area contributed by atoms with Gasteiger partial charge in [-0.05, 0) is 25.5 Å². The lowest BCUT2D eigenvalue weighted by atomic mass is 10.1. The fraction of sp³-hybridized carbons (Fsp3) is 0.174. The number of hydrogen-bond donors (Lipinski definition) is 1. The molecule has 0 aliphatic heterocycles. The third kappa shape index (κ3) is 3.59. The number of aryl methyl sites for hydroxylation is 1. The maximum atomic E-state index is 13.0. The lowest BCUT2D eigenvalue weighted by Gasteiger charge is -2.19. The molecule has 30 heavy (non-hydrogen) atoms. The molecule has 0 aliphatic rings. The predicted molar refractivity (Wildman–Crippen MR) is 120 cm³/mol. The molecule has 0 spiro atoms. The first-order valence-electron chi connectivity index (χ1n) is 9.50. The summed E-state index contributed by atoms with van der Waals surface area (Å²) in [5.74, 6) is 0.232. The molecule has 2 heterocycles. The number of benzene rings is 2. The van der Waals surface area contributed by atoms with Crippen LogP contribution < -0.4 is 15.6 Å². The number of fused-ring (bicyclic) bond motifs is 1. The molecule has 1 amide bonds. The number of nitrogens with zero attached hydrogens (tertiary/aromatic N) is 2. The zero-order valence-electron chi connectivity index (χ0n) is 16.9. The number of carbonyl (C=O) groups excluding carboxylic acids is 1. The molecule has 0 fully saturated rings. The first-order valence-corrected chi connectivity index (χ1v) is 10.4. The van der Waals surface area contributed by atoms with E-state index in [4.69, 9.17) is 4.74 Å². The van der Waals surface area contributed by atoms with Crippen molar-refractivity contribution < 1.29 is 9.53 Å². The highest BCUT2D eigenvalue weighted by Crippen LogP contribution is 2.29. The Morgan fingerprint density at radius 1 is 1.17 bits per heavy atom. The molecule has 7 heteroatoms. The van der Waals surface area contributed by atoms with Crippen molar-refractivity contribution in [2.75, 3.05) is 12.4 Å². The molecule has 1 atom stereocenters. The number of amides is 1. The highest BCUT2D eigenvalue weighted by molar-refractivity contribution is 7.14. The number of aromatic nitrogens is 2. The van der Waals surface area contributed by atoms with Gasteiger partial charge in [-0.25, -0.2) is 4.98 Å². The van der Waals surface area contributed by atoms with Crippen LogP contribution in [-0.4, -0.2) is 22.6 Å². The maximum Gasteiger partial charge on any atom is 0.252 e. The van der Waals surface area contributed by atoms with Gasteiger partial charge < -0.3 is 10.1 Å². The van der Waals surface area contributed by atoms with E-state index in [1.807, 2.05) is 54.8 Å². The van der Waals surface area contributed by atoms with Crippen LogP contribution in [0.5, 0.6) is 5.75 Å². The second-order valence-electron chi connectivity index (χ2n) is 6.96. The average molecular weight is 420 g/mol. The van der Waals surface area contributed by atoms with Crippen LogP contribution in [0.3, 0.4) is 0 Å². The Hall–Kier alpha value is -3.45. The van der Waals surface area contributed by atoms with Gasteiger partial charge in [-0.15, -0.1) is 11.3 Å². The minimum atomic E-state index is -0.749. The Bertz CT molecular complexity index is 1280. The third-order valence-corrected chi connectivity index (χ3v) is 5.79. The van der Waals surface area contributed by atoms with Gasteiger partial charge in [-0.3, -0.25) is 14.2 Å². The number of pyridine rings is 1. The van der Waals surface area contributed by atoms with Gasteiger partial charge in [0.05, 0.1) is 18.3 Å². The summed E-state index contributed by atoms with van der Waals surface area (Å²) < 4.78 is 6.95. The molecule has 152 valence electrons. The highest BCUT2D eigenvalue weighted by Gasteiger charge is 2.22. The lowest BCUT2D eigenvalue weighted by Crippen LogP contribution is -2.32. The van der Waals surface area contributed by atoms with E-state index in [0.717, 1.165) is 22.2 Å². The standard InChI is InChI=1S/C23H21N3O3S/c1-14-12-20(27)26(21-17(14)10-7-11-19(21)29-3)15(2)22(28)25-23-24-18(13-30-23)16-8-5-4-6-9-16/h4-13,15H,1-3H3,(H,24,25,28). The van der Waals surface area contributed by atoms with Crippen LogP contribution in [0.25, 0.3) is 22.2 Å². The van der Waals surface area contributed by atoms with Crippen molar-refractivity contribution in [3.63, 3.8) is 0 Å². The van der Waals surface area contributed by atoms with Crippen molar-refractivity contribution in [2.45, 2.75) is 19.9 Å². The normalized spacial score (nSPS) is 12.0. The average Bonchev–Trinajstić information content (AvgIpc) is 3.22. The van der Waals surface area contributed by atoms with E-state index in [-0.39, 0.29) is 11.5 Å². The third-order valence-electron chi connectivity index (χ3n) is 5.03. The Labute approximate surface area is 177 Å². The molecule has 0 aliphatic carbocycles. The van der Waals surface area contributed by atoms with E-state index < -0.39 is 6.04 Å². The fourth-order valence-corrected chi connectivity index (χ4v) is 4.20. The van der Waals surface area contributed by atoms with Gasteiger partial charge in [0.15, 0.2) is 5.13 Å². The smallest absolute Gasteiger partial charge is 0.252 e. The van der Waals surface area contributed by atoms with Crippen molar-refractivity contribution in [1.29, 1.82) is 0 Å². The summed E-state index contributed by atoms with van der Waals surface area (Å²) in [6.45, 7) is 3.57. The number of nitrogens with one attached hydrogen (secondary N) is 1. The minimum Gasteiger partial charge on any atom is -0.495 e. The summed E-state index contributed by atoms with van der Waals surface area (Å²) in [5, 5.41) is 6.09.